The van der Waals surface area contributed by atoms with E-state index in [0.29, 0.717) is 13.2 Å². The Morgan fingerprint density at radius 3 is 2.64 bits per heavy atom. The summed E-state index contributed by atoms with van der Waals surface area (Å²) >= 11 is 0. The molecule has 1 fully saturated rings. The smallest absolute Gasteiger partial charge is 0.191 e. The number of aliphatic imine (C=N–C) groups is 1. The van der Waals surface area contributed by atoms with Gasteiger partial charge in [0.15, 0.2) is 5.96 Å². The first kappa shape index (κ1) is 21.9. The van der Waals surface area contributed by atoms with Gasteiger partial charge in [-0.05, 0) is 44.4 Å². The normalized spacial score (nSPS) is 16.3. The summed E-state index contributed by atoms with van der Waals surface area (Å²) in [6.07, 6.45) is 4.38. The lowest BCUT2D eigenvalue weighted by Crippen LogP contribution is -2.38. The Bertz CT molecular complexity index is 297. The van der Waals surface area contributed by atoms with E-state index in [2.05, 4.69) is 29.5 Å². The molecule has 0 heterocycles. The molecule has 132 valence electrons. The maximum Gasteiger partial charge on any atom is 0.191 e. The molecule has 6 heteroatoms. The molecule has 0 saturated heterocycles. The van der Waals surface area contributed by atoms with E-state index < -0.39 is 6.10 Å². The Morgan fingerprint density at radius 2 is 2.05 bits per heavy atom. The van der Waals surface area contributed by atoms with Crippen LogP contribution < -0.4 is 10.6 Å². The van der Waals surface area contributed by atoms with Gasteiger partial charge in [0.05, 0.1) is 19.3 Å². The third kappa shape index (κ3) is 12.5. The van der Waals surface area contributed by atoms with E-state index in [4.69, 9.17) is 4.74 Å². The third-order valence-corrected chi connectivity index (χ3v) is 3.42. The number of hydrogen-bond donors (Lipinski definition) is 3. The molecule has 3 N–H and O–H groups in total. The Hall–Kier alpha value is -0.0800. The van der Waals surface area contributed by atoms with Gasteiger partial charge in [-0.15, -0.1) is 24.0 Å². The summed E-state index contributed by atoms with van der Waals surface area (Å²) < 4.78 is 5.48. The molecule has 0 amide bonds. The van der Waals surface area contributed by atoms with Crippen molar-refractivity contribution >= 4 is 29.9 Å². The van der Waals surface area contributed by atoms with Crippen LogP contribution in [0.1, 0.15) is 46.5 Å². The molecule has 0 aromatic rings. The molecule has 0 aromatic heterocycles. The van der Waals surface area contributed by atoms with Crippen molar-refractivity contribution in [2.75, 3.05) is 32.8 Å². The SMILES string of the molecule is CCNC(=NCC(O)COCC1CC1)NCCCC(C)C.I. The van der Waals surface area contributed by atoms with Gasteiger partial charge < -0.3 is 20.5 Å². The highest BCUT2D eigenvalue weighted by atomic mass is 127. The van der Waals surface area contributed by atoms with E-state index in [1.54, 1.807) is 0 Å². The number of halogens is 1. The topological polar surface area (TPSA) is 65.9 Å². The second-order valence-corrected chi connectivity index (χ2v) is 6.32. The van der Waals surface area contributed by atoms with Crippen molar-refractivity contribution < 1.29 is 9.84 Å². The van der Waals surface area contributed by atoms with Crippen LogP contribution in [0, 0.1) is 11.8 Å². The predicted molar refractivity (Wildman–Crippen MR) is 103 cm³/mol. The molecule has 1 aliphatic carbocycles. The summed E-state index contributed by atoms with van der Waals surface area (Å²) in [5.41, 5.74) is 0. The standard InChI is InChI=1S/C16H33N3O2.HI/c1-4-17-16(18-9-5-6-13(2)3)19-10-15(20)12-21-11-14-7-8-14;/h13-15,20H,4-12H2,1-3H3,(H2,17,18,19);1H. The van der Waals surface area contributed by atoms with Gasteiger partial charge in [0, 0.05) is 19.7 Å². The lowest BCUT2D eigenvalue weighted by atomic mass is 10.1. The highest BCUT2D eigenvalue weighted by molar-refractivity contribution is 14.0. The van der Waals surface area contributed by atoms with Crippen molar-refractivity contribution in [3.05, 3.63) is 0 Å². The minimum Gasteiger partial charge on any atom is -0.389 e. The van der Waals surface area contributed by atoms with Crippen LogP contribution in [0.4, 0.5) is 0 Å². The number of guanidine groups is 1. The number of aliphatic hydroxyl groups excluding tert-OH is 1. The summed E-state index contributed by atoms with van der Waals surface area (Å²) in [4.78, 5) is 4.41. The van der Waals surface area contributed by atoms with Gasteiger partial charge in [0.2, 0.25) is 0 Å². The van der Waals surface area contributed by atoms with Crippen molar-refractivity contribution in [1.29, 1.82) is 0 Å². The fourth-order valence-electron chi connectivity index (χ4n) is 1.96. The zero-order chi connectivity index (χ0) is 15.5. The summed E-state index contributed by atoms with van der Waals surface area (Å²) in [5.74, 6) is 2.25. The van der Waals surface area contributed by atoms with Gasteiger partial charge >= 0.3 is 0 Å². The minimum absolute atomic E-state index is 0. The Kier molecular flexibility index (Phi) is 13.3. The van der Waals surface area contributed by atoms with E-state index in [0.717, 1.165) is 43.9 Å². The average Bonchev–Trinajstić information content (AvgIpc) is 3.24. The molecule has 1 unspecified atom stereocenters. The minimum atomic E-state index is -0.519. The number of ether oxygens (including phenoxy) is 1. The van der Waals surface area contributed by atoms with Gasteiger partial charge in [-0.1, -0.05) is 13.8 Å². The van der Waals surface area contributed by atoms with Crippen molar-refractivity contribution in [2.24, 2.45) is 16.8 Å². The van der Waals surface area contributed by atoms with E-state index in [1.165, 1.54) is 19.3 Å². The zero-order valence-electron chi connectivity index (χ0n) is 14.3. The molecule has 22 heavy (non-hydrogen) atoms. The van der Waals surface area contributed by atoms with E-state index in [1.807, 2.05) is 6.92 Å². The van der Waals surface area contributed by atoms with Gasteiger partial charge in [-0.3, -0.25) is 4.99 Å². The fourth-order valence-corrected chi connectivity index (χ4v) is 1.96. The third-order valence-electron chi connectivity index (χ3n) is 3.42. The maximum atomic E-state index is 9.86. The van der Waals surface area contributed by atoms with E-state index in [-0.39, 0.29) is 24.0 Å². The summed E-state index contributed by atoms with van der Waals surface area (Å²) in [6.45, 7) is 9.79. The lowest BCUT2D eigenvalue weighted by Gasteiger charge is -2.13. The second kappa shape index (κ2) is 13.4. The first-order valence-corrected chi connectivity index (χ1v) is 8.39. The highest BCUT2D eigenvalue weighted by Gasteiger charge is 2.21. The van der Waals surface area contributed by atoms with Crippen LogP contribution in [0.15, 0.2) is 4.99 Å². The van der Waals surface area contributed by atoms with Crippen LogP contribution in [0.25, 0.3) is 0 Å². The number of nitrogens with zero attached hydrogens (tertiary/aromatic N) is 1. The van der Waals surface area contributed by atoms with Crippen LogP contribution in [0.5, 0.6) is 0 Å². The number of rotatable bonds is 11. The Morgan fingerprint density at radius 1 is 1.32 bits per heavy atom. The molecule has 5 nitrogen and oxygen atoms in total. The van der Waals surface area contributed by atoms with E-state index in [9.17, 15) is 5.11 Å². The van der Waals surface area contributed by atoms with Crippen LogP contribution >= 0.6 is 24.0 Å². The summed E-state index contributed by atoms with van der Waals surface area (Å²) in [7, 11) is 0. The number of hydrogen-bond acceptors (Lipinski definition) is 3. The van der Waals surface area contributed by atoms with Crippen LogP contribution in [0.2, 0.25) is 0 Å². The van der Waals surface area contributed by atoms with Crippen LogP contribution in [-0.2, 0) is 4.74 Å². The number of nitrogens with one attached hydrogen (secondary N) is 2. The molecular weight excluding hydrogens is 393 g/mol. The molecule has 1 atom stereocenters. The summed E-state index contributed by atoms with van der Waals surface area (Å²) in [5, 5.41) is 16.4. The first-order valence-electron chi connectivity index (χ1n) is 8.39. The first-order chi connectivity index (χ1) is 10.1. The maximum absolute atomic E-state index is 9.86. The Balaban J connectivity index is 0.00000441. The van der Waals surface area contributed by atoms with Gasteiger partial charge in [-0.25, -0.2) is 0 Å². The molecule has 0 radical (unpaired) electrons. The largest absolute Gasteiger partial charge is 0.389 e. The van der Waals surface area contributed by atoms with Gasteiger partial charge in [0.1, 0.15) is 0 Å². The molecule has 0 aliphatic heterocycles. The molecule has 0 spiro atoms. The number of aliphatic hydroxyl groups is 1. The molecule has 0 bridgehead atoms. The molecule has 1 saturated carbocycles. The van der Waals surface area contributed by atoms with Gasteiger partial charge in [-0.2, -0.15) is 0 Å². The molecular formula is C16H34IN3O2. The molecule has 1 aliphatic rings. The zero-order valence-corrected chi connectivity index (χ0v) is 16.6. The fraction of sp³-hybridized carbons (Fsp3) is 0.938. The van der Waals surface area contributed by atoms with Crippen molar-refractivity contribution in [1.82, 2.24) is 10.6 Å². The van der Waals surface area contributed by atoms with Gasteiger partial charge in [0.25, 0.3) is 0 Å². The molecule has 1 rings (SSSR count). The molecule has 0 aromatic carbocycles. The quantitative estimate of drug-likeness (QED) is 0.205. The van der Waals surface area contributed by atoms with Crippen LogP contribution in [0.3, 0.4) is 0 Å². The summed E-state index contributed by atoms with van der Waals surface area (Å²) in [6, 6.07) is 0. The van der Waals surface area contributed by atoms with E-state index >= 15 is 0 Å². The van der Waals surface area contributed by atoms with Crippen molar-refractivity contribution in [3.63, 3.8) is 0 Å². The second-order valence-electron chi connectivity index (χ2n) is 6.32. The van der Waals surface area contributed by atoms with Crippen LogP contribution in [-0.4, -0.2) is 50.0 Å². The van der Waals surface area contributed by atoms with Crippen molar-refractivity contribution in [3.8, 4) is 0 Å². The average molecular weight is 427 g/mol. The Labute approximate surface area is 152 Å². The lowest BCUT2D eigenvalue weighted by molar-refractivity contribution is 0.0368. The monoisotopic (exact) mass is 427 g/mol. The predicted octanol–water partition coefficient (Wildman–Crippen LogP) is 2.38. The highest BCUT2D eigenvalue weighted by Crippen LogP contribution is 2.28. The van der Waals surface area contributed by atoms with Crippen molar-refractivity contribution in [2.45, 2.75) is 52.6 Å².